The third kappa shape index (κ3) is 6.41. The largest absolute Gasteiger partial charge is 1.00 e. The van der Waals surface area contributed by atoms with Crippen LogP contribution in [0.1, 0.15) is 26.3 Å². The van der Waals surface area contributed by atoms with Gasteiger partial charge in [0, 0.05) is 0 Å². The zero-order valence-corrected chi connectivity index (χ0v) is 14.0. The van der Waals surface area contributed by atoms with Gasteiger partial charge >= 0.3 is 0 Å². The van der Waals surface area contributed by atoms with Gasteiger partial charge < -0.3 is 26.2 Å². The first kappa shape index (κ1) is 17.5. The molecule has 0 bridgehead atoms. The topological polar surface area (TPSA) is 9.23 Å². The Kier molecular flexibility index (Phi) is 6.38. The molecule has 1 rings (SSSR count). The van der Waals surface area contributed by atoms with E-state index in [0.29, 0.717) is 0 Å². The van der Waals surface area contributed by atoms with Gasteiger partial charge in [-0.25, -0.2) is 0 Å². The second-order valence-corrected chi connectivity index (χ2v) is 6.64. The fourth-order valence-corrected chi connectivity index (χ4v) is 1.49. The van der Waals surface area contributed by atoms with Crippen LogP contribution >= 0.6 is 0 Å². The van der Waals surface area contributed by atoms with Crippen LogP contribution in [0.5, 0.6) is 5.75 Å². The lowest BCUT2D eigenvalue weighted by Gasteiger charge is -2.24. The minimum atomic E-state index is 0. The summed E-state index contributed by atoms with van der Waals surface area (Å²) in [6, 6.07) is 8.44. The highest BCUT2D eigenvalue weighted by Gasteiger charge is 2.13. The van der Waals surface area contributed by atoms with Gasteiger partial charge in [-0.05, 0) is 23.1 Å². The normalized spacial score (nSPS) is 11.9. The van der Waals surface area contributed by atoms with Gasteiger partial charge in [0.1, 0.15) is 18.9 Å². The molecule has 0 saturated carbocycles. The molecular formula is C15H26BrNO. The number of rotatable bonds is 4. The van der Waals surface area contributed by atoms with E-state index in [2.05, 4.69) is 66.2 Å². The summed E-state index contributed by atoms with van der Waals surface area (Å²) >= 11 is 0. The summed E-state index contributed by atoms with van der Waals surface area (Å²) < 4.78 is 6.66. The van der Waals surface area contributed by atoms with Gasteiger partial charge in [0.25, 0.3) is 0 Å². The summed E-state index contributed by atoms with van der Waals surface area (Å²) in [4.78, 5) is 0. The van der Waals surface area contributed by atoms with Crippen LogP contribution in [-0.2, 0) is 5.41 Å². The van der Waals surface area contributed by atoms with Crippen molar-refractivity contribution in [2.45, 2.75) is 26.2 Å². The number of nitrogens with zero attached hydrogens (tertiary/aromatic N) is 1. The van der Waals surface area contributed by atoms with E-state index in [9.17, 15) is 0 Å². The molecule has 0 fully saturated rings. The molecule has 0 aliphatic rings. The average Bonchev–Trinajstić information content (AvgIpc) is 2.15. The maximum absolute atomic E-state index is 5.73. The van der Waals surface area contributed by atoms with Crippen molar-refractivity contribution in [3.63, 3.8) is 0 Å². The third-order valence-electron chi connectivity index (χ3n) is 2.75. The zero-order valence-electron chi connectivity index (χ0n) is 12.5. The third-order valence-corrected chi connectivity index (χ3v) is 2.75. The molecule has 0 saturated heterocycles. The van der Waals surface area contributed by atoms with E-state index in [0.717, 1.165) is 23.4 Å². The van der Waals surface area contributed by atoms with Crippen molar-refractivity contribution >= 4 is 0 Å². The highest BCUT2D eigenvalue weighted by Crippen LogP contribution is 2.24. The summed E-state index contributed by atoms with van der Waals surface area (Å²) in [6.07, 6.45) is 0. The molecule has 0 aliphatic carbocycles. The summed E-state index contributed by atoms with van der Waals surface area (Å²) in [5.74, 6) is 0.964. The van der Waals surface area contributed by atoms with E-state index >= 15 is 0 Å². The molecule has 0 N–H and O–H groups in total. The summed E-state index contributed by atoms with van der Waals surface area (Å²) in [6.45, 7) is 8.44. The molecule has 1 aromatic carbocycles. The fourth-order valence-electron chi connectivity index (χ4n) is 1.49. The molecule has 0 spiro atoms. The van der Waals surface area contributed by atoms with E-state index in [1.54, 1.807) is 0 Å². The van der Waals surface area contributed by atoms with Crippen LogP contribution in [0, 0.1) is 0 Å². The number of quaternary nitrogens is 1. The highest BCUT2D eigenvalue weighted by atomic mass is 79.9. The van der Waals surface area contributed by atoms with Crippen molar-refractivity contribution in [3.8, 4) is 5.75 Å². The van der Waals surface area contributed by atoms with Crippen LogP contribution in [0.2, 0.25) is 0 Å². The molecule has 1 aromatic rings. The fraction of sp³-hybridized carbons (Fsp3) is 0.600. The molecule has 104 valence electrons. The number of hydrogen-bond acceptors (Lipinski definition) is 1. The van der Waals surface area contributed by atoms with Crippen LogP contribution in [0.4, 0.5) is 0 Å². The average molecular weight is 316 g/mol. The van der Waals surface area contributed by atoms with Gasteiger partial charge in [-0.2, -0.15) is 0 Å². The minimum absolute atomic E-state index is 0. The molecule has 0 atom stereocenters. The molecule has 0 heterocycles. The standard InChI is InChI=1S/C15H26NO.BrH/c1-15(2,3)13-7-9-14(10-8-13)17-12-11-16(4,5)6;/h7-10H,11-12H2,1-6H3;1H/q+1;/p-1. The first-order valence-corrected chi connectivity index (χ1v) is 6.22. The van der Waals surface area contributed by atoms with Crippen molar-refractivity contribution in [1.82, 2.24) is 0 Å². The Bertz CT molecular complexity index is 346. The smallest absolute Gasteiger partial charge is 0.137 e. The molecule has 0 aliphatic heterocycles. The van der Waals surface area contributed by atoms with Crippen LogP contribution < -0.4 is 21.7 Å². The molecule has 2 nitrogen and oxygen atoms in total. The second kappa shape index (κ2) is 6.58. The number of likely N-dealkylation sites (N-methyl/N-ethyl adjacent to an activating group) is 1. The van der Waals surface area contributed by atoms with E-state index in [-0.39, 0.29) is 22.4 Å². The molecule has 0 amide bonds. The predicted octanol–water partition coefficient (Wildman–Crippen LogP) is 0.0731. The van der Waals surface area contributed by atoms with Gasteiger partial charge in [-0.1, -0.05) is 32.9 Å². The van der Waals surface area contributed by atoms with E-state index in [1.807, 2.05) is 0 Å². The first-order valence-electron chi connectivity index (χ1n) is 6.22. The van der Waals surface area contributed by atoms with Gasteiger partial charge in [-0.3, -0.25) is 0 Å². The molecule has 3 heteroatoms. The summed E-state index contributed by atoms with van der Waals surface area (Å²) in [5, 5.41) is 0. The number of ether oxygens (including phenoxy) is 1. The lowest BCUT2D eigenvalue weighted by Crippen LogP contribution is -3.00. The highest BCUT2D eigenvalue weighted by molar-refractivity contribution is 5.31. The summed E-state index contributed by atoms with van der Waals surface area (Å²) in [7, 11) is 6.52. The van der Waals surface area contributed by atoms with Gasteiger partial charge in [0.15, 0.2) is 0 Å². The lowest BCUT2D eigenvalue weighted by molar-refractivity contribution is -0.870. The van der Waals surface area contributed by atoms with E-state index < -0.39 is 0 Å². The monoisotopic (exact) mass is 315 g/mol. The van der Waals surface area contributed by atoms with Crippen molar-refractivity contribution in [3.05, 3.63) is 29.8 Å². The quantitative estimate of drug-likeness (QED) is 0.715. The van der Waals surface area contributed by atoms with Crippen molar-refractivity contribution in [1.29, 1.82) is 0 Å². The molecule has 18 heavy (non-hydrogen) atoms. The van der Waals surface area contributed by atoms with E-state index in [1.165, 1.54) is 5.56 Å². The maximum Gasteiger partial charge on any atom is 0.137 e. The maximum atomic E-state index is 5.73. The predicted molar refractivity (Wildman–Crippen MR) is 73.5 cm³/mol. The molecular weight excluding hydrogens is 290 g/mol. The second-order valence-electron chi connectivity index (χ2n) is 6.64. The van der Waals surface area contributed by atoms with Crippen LogP contribution in [0.3, 0.4) is 0 Å². The number of benzene rings is 1. The lowest BCUT2D eigenvalue weighted by atomic mass is 9.87. The van der Waals surface area contributed by atoms with Crippen LogP contribution in [-0.4, -0.2) is 38.8 Å². The zero-order chi connectivity index (χ0) is 13.1. The Morgan fingerprint density at radius 3 is 1.89 bits per heavy atom. The van der Waals surface area contributed by atoms with Crippen molar-refractivity contribution in [2.24, 2.45) is 0 Å². The number of hydrogen-bond donors (Lipinski definition) is 0. The SMILES string of the molecule is CC(C)(C)c1ccc(OCC[N+](C)(C)C)cc1.[Br-]. The van der Waals surface area contributed by atoms with Crippen molar-refractivity contribution in [2.75, 3.05) is 34.3 Å². The van der Waals surface area contributed by atoms with E-state index in [4.69, 9.17) is 4.74 Å². The first-order chi connectivity index (χ1) is 7.68. The summed E-state index contributed by atoms with van der Waals surface area (Å²) in [5.41, 5.74) is 1.55. The Morgan fingerprint density at radius 1 is 1.00 bits per heavy atom. The van der Waals surface area contributed by atoms with Gasteiger partial charge in [-0.15, -0.1) is 0 Å². The van der Waals surface area contributed by atoms with Crippen molar-refractivity contribution < 1.29 is 26.2 Å². The molecule has 0 aromatic heterocycles. The van der Waals surface area contributed by atoms with Crippen LogP contribution in [0.25, 0.3) is 0 Å². The molecule has 0 radical (unpaired) electrons. The minimum Gasteiger partial charge on any atom is -1.00 e. The Balaban J connectivity index is 0.00000289. The van der Waals surface area contributed by atoms with Crippen LogP contribution in [0.15, 0.2) is 24.3 Å². The van der Waals surface area contributed by atoms with Gasteiger partial charge in [0.05, 0.1) is 21.1 Å². The Hall–Kier alpha value is -0.540. The molecule has 0 unspecified atom stereocenters. The van der Waals surface area contributed by atoms with Gasteiger partial charge in [0.2, 0.25) is 0 Å². The Morgan fingerprint density at radius 2 is 1.50 bits per heavy atom. The number of halogens is 1. The Labute approximate surface area is 122 Å².